The van der Waals surface area contributed by atoms with Crippen molar-refractivity contribution < 1.29 is 8.42 Å². The molecule has 6 heteroatoms. The minimum absolute atomic E-state index is 0.250. The topological polar surface area (TPSA) is 61.8 Å². The third-order valence-corrected chi connectivity index (χ3v) is 5.35. The van der Waals surface area contributed by atoms with Gasteiger partial charge in [-0.3, -0.25) is 4.99 Å². The van der Waals surface area contributed by atoms with E-state index in [-0.39, 0.29) is 6.54 Å². The minimum atomic E-state index is -3.13. The maximum atomic E-state index is 11.7. The molecule has 1 N–H and O–H groups in total. The van der Waals surface area contributed by atoms with E-state index in [1.165, 1.54) is 6.26 Å². The van der Waals surface area contributed by atoms with Gasteiger partial charge in [0.1, 0.15) is 0 Å². The molecule has 0 aromatic heterocycles. The Hall–Kier alpha value is -1.04. The van der Waals surface area contributed by atoms with Crippen LogP contribution in [0, 0.1) is 0 Å². The molecule has 0 radical (unpaired) electrons. The highest BCUT2D eigenvalue weighted by molar-refractivity contribution is 7.92. The molecule has 0 saturated heterocycles. The number of hydrogen-bond donors (Lipinski definition) is 1. The summed E-state index contributed by atoms with van der Waals surface area (Å²) in [4.78, 5) is 6.48. The first kappa shape index (κ1) is 19.0. The summed E-state index contributed by atoms with van der Waals surface area (Å²) in [5.74, 6) is 0.744. The summed E-state index contributed by atoms with van der Waals surface area (Å²) in [6.45, 7) is 11.0. The predicted molar refractivity (Wildman–Crippen MR) is 87.0 cm³/mol. The smallest absolute Gasteiger partial charge is 0.193 e. The van der Waals surface area contributed by atoms with E-state index in [4.69, 9.17) is 0 Å². The number of aliphatic imine (C=N–C) groups is 1. The van der Waals surface area contributed by atoms with E-state index in [2.05, 4.69) is 16.9 Å². The summed E-state index contributed by atoms with van der Waals surface area (Å²) in [5.41, 5.74) is 0. The second-order valence-corrected chi connectivity index (χ2v) is 8.20. The fourth-order valence-corrected chi connectivity index (χ4v) is 1.73. The number of guanidine groups is 1. The van der Waals surface area contributed by atoms with Gasteiger partial charge in [0.05, 0.1) is 11.3 Å². The molecule has 0 fully saturated rings. The van der Waals surface area contributed by atoms with Crippen LogP contribution in [-0.4, -0.2) is 57.0 Å². The van der Waals surface area contributed by atoms with Crippen molar-refractivity contribution in [3.05, 3.63) is 12.7 Å². The Balaban J connectivity index is 4.81. The van der Waals surface area contributed by atoms with Crippen molar-refractivity contribution in [2.24, 2.45) is 4.99 Å². The molecule has 0 aliphatic heterocycles. The second-order valence-electron chi connectivity index (χ2n) is 5.55. The molecule has 0 aromatic carbocycles. The number of unbranched alkanes of at least 4 members (excludes halogenated alkanes) is 1. The number of hydrogen-bond acceptors (Lipinski definition) is 3. The van der Waals surface area contributed by atoms with E-state index in [1.807, 2.05) is 24.9 Å². The Labute approximate surface area is 124 Å². The predicted octanol–water partition coefficient (Wildman–Crippen LogP) is 1.67. The van der Waals surface area contributed by atoms with E-state index >= 15 is 0 Å². The van der Waals surface area contributed by atoms with Crippen LogP contribution in [0.5, 0.6) is 0 Å². The highest BCUT2D eigenvalue weighted by Gasteiger charge is 2.30. The van der Waals surface area contributed by atoms with Crippen molar-refractivity contribution in [3.63, 3.8) is 0 Å². The average molecular weight is 303 g/mol. The fourth-order valence-electron chi connectivity index (χ4n) is 1.43. The monoisotopic (exact) mass is 303 g/mol. The summed E-state index contributed by atoms with van der Waals surface area (Å²) in [7, 11) is -1.17. The zero-order chi connectivity index (χ0) is 15.8. The Bertz CT molecular complexity index is 428. The van der Waals surface area contributed by atoms with E-state index in [0.29, 0.717) is 0 Å². The molecule has 0 unspecified atom stereocenters. The van der Waals surface area contributed by atoms with Gasteiger partial charge in [-0.1, -0.05) is 6.08 Å². The number of allylic oxidation sites excluding steroid dienone is 1. The van der Waals surface area contributed by atoms with Crippen LogP contribution in [0.15, 0.2) is 17.6 Å². The molecule has 0 aliphatic carbocycles. The molecule has 0 spiro atoms. The molecule has 0 heterocycles. The summed E-state index contributed by atoms with van der Waals surface area (Å²) in [5, 5.41) is 3.19. The normalized spacial score (nSPS) is 13.2. The molecular weight excluding hydrogens is 274 g/mol. The van der Waals surface area contributed by atoms with Crippen LogP contribution >= 0.6 is 0 Å². The van der Waals surface area contributed by atoms with Crippen molar-refractivity contribution >= 4 is 15.8 Å². The van der Waals surface area contributed by atoms with Gasteiger partial charge in [0.2, 0.25) is 0 Å². The van der Waals surface area contributed by atoms with Gasteiger partial charge in [-0.25, -0.2) is 8.42 Å². The van der Waals surface area contributed by atoms with Crippen molar-refractivity contribution in [3.8, 4) is 0 Å². The molecule has 20 heavy (non-hydrogen) atoms. The zero-order valence-electron chi connectivity index (χ0n) is 13.4. The maximum Gasteiger partial charge on any atom is 0.193 e. The molecule has 0 aromatic rings. The van der Waals surface area contributed by atoms with E-state index in [0.717, 1.165) is 31.9 Å². The van der Waals surface area contributed by atoms with Crippen LogP contribution in [0.3, 0.4) is 0 Å². The summed E-state index contributed by atoms with van der Waals surface area (Å²) in [6.07, 6.45) is 5.10. The molecular formula is C14H29N3O2S. The Kier molecular flexibility index (Phi) is 7.86. The summed E-state index contributed by atoms with van der Waals surface area (Å²) in [6, 6.07) is 0. The van der Waals surface area contributed by atoms with Crippen LogP contribution in [-0.2, 0) is 9.84 Å². The maximum absolute atomic E-state index is 11.7. The Morgan fingerprint density at radius 3 is 2.50 bits per heavy atom. The Morgan fingerprint density at radius 1 is 1.45 bits per heavy atom. The summed E-state index contributed by atoms with van der Waals surface area (Å²) >= 11 is 0. The first-order chi connectivity index (χ1) is 9.15. The van der Waals surface area contributed by atoms with Gasteiger partial charge in [-0.05, 0) is 33.6 Å². The third-order valence-electron chi connectivity index (χ3n) is 3.21. The average Bonchev–Trinajstić information content (AvgIpc) is 2.33. The van der Waals surface area contributed by atoms with Crippen LogP contribution in [0.25, 0.3) is 0 Å². The van der Waals surface area contributed by atoms with Gasteiger partial charge in [0.25, 0.3) is 0 Å². The Morgan fingerprint density at radius 2 is 2.05 bits per heavy atom. The largest absolute Gasteiger partial charge is 0.357 e. The van der Waals surface area contributed by atoms with E-state index < -0.39 is 14.6 Å². The highest BCUT2D eigenvalue weighted by atomic mass is 32.2. The second kappa shape index (κ2) is 8.29. The van der Waals surface area contributed by atoms with Gasteiger partial charge in [-0.2, -0.15) is 0 Å². The van der Waals surface area contributed by atoms with Gasteiger partial charge in [0.15, 0.2) is 15.8 Å². The fraction of sp³-hybridized carbons (Fsp3) is 0.786. The first-order valence-electron chi connectivity index (χ1n) is 6.95. The van der Waals surface area contributed by atoms with Crippen molar-refractivity contribution in [2.75, 3.05) is 32.9 Å². The van der Waals surface area contributed by atoms with Crippen LogP contribution in [0.4, 0.5) is 0 Å². The number of rotatable bonds is 8. The van der Waals surface area contributed by atoms with E-state index in [9.17, 15) is 8.42 Å². The first-order valence-corrected chi connectivity index (χ1v) is 8.84. The number of nitrogens with zero attached hydrogens (tertiary/aromatic N) is 2. The minimum Gasteiger partial charge on any atom is -0.357 e. The van der Waals surface area contributed by atoms with Crippen LogP contribution in [0.1, 0.15) is 33.6 Å². The number of nitrogens with one attached hydrogen (secondary N) is 1. The third kappa shape index (κ3) is 6.41. The molecule has 0 rings (SSSR count). The lowest BCUT2D eigenvalue weighted by Crippen LogP contribution is -2.42. The van der Waals surface area contributed by atoms with Gasteiger partial charge in [-0.15, -0.1) is 6.58 Å². The van der Waals surface area contributed by atoms with Gasteiger partial charge in [0, 0.05) is 26.4 Å². The van der Waals surface area contributed by atoms with Crippen molar-refractivity contribution in [2.45, 2.75) is 38.4 Å². The SMILES string of the molecule is C=CCCCN(C)C(=NCC(C)(C)S(C)(=O)=O)NCC. The van der Waals surface area contributed by atoms with Gasteiger partial charge < -0.3 is 10.2 Å². The van der Waals surface area contributed by atoms with E-state index in [1.54, 1.807) is 13.8 Å². The molecule has 0 saturated carbocycles. The van der Waals surface area contributed by atoms with Crippen molar-refractivity contribution in [1.29, 1.82) is 0 Å². The van der Waals surface area contributed by atoms with Crippen LogP contribution in [0.2, 0.25) is 0 Å². The standard InChI is InChI=1S/C14H29N3O2S/c1-7-9-10-11-17(5)13(15-8-2)16-12-14(3,4)20(6,18)19/h7H,1,8-12H2,2-6H3,(H,15,16). The molecule has 0 amide bonds. The lowest BCUT2D eigenvalue weighted by Gasteiger charge is -2.25. The summed E-state index contributed by atoms with van der Waals surface area (Å²) < 4.78 is 22.5. The number of sulfone groups is 1. The molecule has 0 aliphatic rings. The zero-order valence-corrected chi connectivity index (χ0v) is 14.3. The van der Waals surface area contributed by atoms with Crippen molar-refractivity contribution in [1.82, 2.24) is 10.2 Å². The lowest BCUT2D eigenvalue weighted by molar-refractivity contribution is 0.467. The quantitative estimate of drug-likeness (QED) is 0.321. The lowest BCUT2D eigenvalue weighted by atomic mass is 10.2. The highest BCUT2D eigenvalue weighted by Crippen LogP contribution is 2.15. The van der Waals surface area contributed by atoms with Crippen LogP contribution < -0.4 is 5.32 Å². The van der Waals surface area contributed by atoms with Gasteiger partial charge >= 0.3 is 0 Å². The molecule has 0 bridgehead atoms. The molecule has 0 atom stereocenters. The molecule has 5 nitrogen and oxygen atoms in total. The molecule has 118 valence electrons.